The first-order valence-corrected chi connectivity index (χ1v) is 8.26. The van der Waals surface area contributed by atoms with Crippen molar-refractivity contribution in [2.45, 2.75) is 34.6 Å². The van der Waals surface area contributed by atoms with Gasteiger partial charge in [-0.2, -0.15) is 5.01 Å². The average molecular weight is 354 g/mol. The molecule has 0 unspecified atom stereocenters. The lowest BCUT2D eigenvalue weighted by molar-refractivity contribution is 0.0946. The van der Waals surface area contributed by atoms with Crippen molar-refractivity contribution in [3.63, 3.8) is 0 Å². The Kier molecular flexibility index (Phi) is 8.31. The van der Waals surface area contributed by atoms with E-state index in [1.165, 1.54) is 0 Å². The minimum atomic E-state index is -0.780. The lowest BCUT2D eigenvalue weighted by Crippen LogP contribution is -2.46. The van der Waals surface area contributed by atoms with Gasteiger partial charge >= 0.3 is 12.2 Å². The summed E-state index contributed by atoms with van der Waals surface area (Å²) in [5, 5.41) is 4.80. The molecule has 1 aromatic rings. The van der Waals surface area contributed by atoms with Crippen LogP contribution in [-0.2, 0) is 9.47 Å². The van der Waals surface area contributed by atoms with Crippen LogP contribution in [0.5, 0.6) is 0 Å². The van der Waals surface area contributed by atoms with E-state index in [2.05, 4.69) is 10.6 Å². The normalized spacial score (nSPS) is 11.0. The van der Waals surface area contributed by atoms with Crippen LogP contribution < -0.4 is 5.43 Å². The van der Waals surface area contributed by atoms with Crippen molar-refractivity contribution < 1.29 is 23.6 Å². The molecule has 0 fully saturated rings. The van der Waals surface area contributed by atoms with Crippen LogP contribution in [0.1, 0.15) is 39.1 Å². The largest absolute Gasteiger partial charge is 0.449 e. The van der Waals surface area contributed by atoms with Gasteiger partial charge in [-0.15, -0.1) is 0 Å². The predicted octanol–water partition coefficient (Wildman–Crippen LogP) is 2.74. The van der Waals surface area contributed by atoms with Gasteiger partial charge in [-0.25, -0.2) is 15.0 Å². The van der Waals surface area contributed by atoms with Gasteiger partial charge in [-0.3, -0.25) is 0 Å². The summed E-state index contributed by atoms with van der Waals surface area (Å²) in [6, 6.07) is 1.66. The van der Waals surface area contributed by atoms with Crippen molar-refractivity contribution in [1.29, 1.82) is 0 Å². The molecule has 1 heterocycles. The highest BCUT2D eigenvalue weighted by molar-refractivity contribution is 5.83. The molecule has 0 aliphatic rings. The summed E-state index contributed by atoms with van der Waals surface area (Å²) in [4.78, 5) is 26.2. The zero-order chi connectivity index (χ0) is 18.8. The summed E-state index contributed by atoms with van der Waals surface area (Å²) >= 11 is 0. The van der Waals surface area contributed by atoms with E-state index in [1.54, 1.807) is 33.0 Å². The van der Waals surface area contributed by atoms with Crippen molar-refractivity contribution in [3.05, 3.63) is 23.7 Å². The minimum Gasteiger partial charge on any atom is -0.449 e. The Bertz CT molecular complexity index is 595. The van der Waals surface area contributed by atoms with Gasteiger partial charge in [0.05, 0.1) is 18.9 Å². The Balaban J connectivity index is 3.30. The first kappa shape index (κ1) is 20.3. The molecule has 9 heteroatoms. The van der Waals surface area contributed by atoms with Gasteiger partial charge in [0.1, 0.15) is 5.70 Å². The number of carbonyl (C=O) groups excluding carboxylic acids is 2. The molecule has 1 rings (SSSR count). The average Bonchev–Trinajstić information content (AvgIpc) is 3.01. The van der Waals surface area contributed by atoms with Gasteiger partial charge in [0.15, 0.2) is 5.76 Å². The second kappa shape index (κ2) is 10.2. The number of nitrogens with zero attached hydrogens (tertiary/aromatic N) is 3. The molecular weight excluding hydrogens is 328 g/mol. The van der Waals surface area contributed by atoms with Crippen molar-refractivity contribution >= 4 is 17.9 Å². The SMILES string of the molecule is CCOC(=O)NN(C(=O)OCC)/C(=C\N(CC)CC)c1cc(C)no1. The third-order valence-corrected chi connectivity index (χ3v) is 3.17. The molecule has 1 aromatic heterocycles. The van der Waals surface area contributed by atoms with Crippen LogP contribution in [0.25, 0.3) is 5.70 Å². The molecule has 1 N–H and O–H groups in total. The number of rotatable bonds is 7. The van der Waals surface area contributed by atoms with E-state index in [1.807, 2.05) is 18.7 Å². The van der Waals surface area contributed by atoms with Gasteiger partial charge in [-0.05, 0) is 34.6 Å². The summed E-state index contributed by atoms with van der Waals surface area (Å²) < 4.78 is 15.2. The van der Waals surface area contributed by atoms with Crippen LogP contribution in [0.15, 0.2) is 16.8 Å². The molecule has 0 spiro atoms. The summed E-state index contributed by atoms with van der Waals surface area (Å²) in [5.74, 6) is 0.314. The number of nitrogens with one attached hydrogen (secondary N) is 1. The van der Waals surface area contributed by atoms with E-state index in [0.29, 0.717) is 24.5 Å². The van der Waals surface area contributed by atoms with E-state index < -0.39 is 12.2 Å². The molecular formula is C16H26N4O5. The standard InChI is InChI=1S/C16H26N4O5/c1-6-19(7-2)11-13(14-10-12(5)18-25-14)20(16(22)24-9-4)17-15(21)23-8-3/h10-11H,6-9H2,1-5H3,(H,17,21)/b13-11-. The maximum atomic E-state index is 12.4. The maximum Gasteiger partial charge on any atom is 0.433 e. The fraction of sp³-hybridized carbons (Fsp3) is 0.562. The third-order valence-electron chi connectivity index (χ3n) is 3.17. The van der Waals surface area contributed by atoms with Crippen molar-refractivity contribution in [1.82, 2.24) is 20.5 Å². The monoisotopic (exact) mass is 354 g/mol. The second-order valence-electron chi connectivity index (χ2n) is 4.93. The summed E-state index contributed by atoms with van der Waals surface area (Å²) in [7, 11) is 0. The van der Waals surface area contributed by atoms with Gasteiger partial charge in [0.25, 0.3) is 0 Å². The molecule has 0 aliphatic heterocycles. The number of hydrogen-bond acceptors (Lipinski definition) is 7. The van der Waals surface area contributed by atoms with Crippen LogP contribution in [0.4, 0.5) is 9.59 Å². The Morgan fingerprint density at radius 1 is 1.20 bits per heavy atom. The van der Waals surface area contributed by atoms with E-state index in [-0.39, 0.29) is 18.9 Å². The van der Waals surface area contributed by atoms with Crippen LogP contribution in [0.2, 0.25) is 0 Å². The lowest BCUT2D eigenvalue weighted by Gasteiger charge is -2.25. The second-order valence-corrected chi connectivity index (χ2v) is 4.93. The number of aromatic nitrogens is 1. The number of amides is 2. The smallest absolute Gasteiger partial charge is 0.433 e. The van der Waals surface area contributed by atoms with Gasteiger partial charge < -0.3 is 18.9 Å². The molecule has 25 heavy (non-hydrogen) atoms. The molecule has 0 atom stereocenters. The quantitative estimate of drug-likeness (QED) is 0.752. The summed E-state index contributed by atoms with van der Waals surface area (Å²) in [6.45, 7) is 10.7. The Morgan fingerprint density at radius 3 is 2.32 bits per heavy atom. The summed E-state index contributed by atoms with van der Waals surface area (Å²) in [5.41, 5.74) is 3.31. The highest BCUT2D eigenvalue weighted by Crippen LogP contribution is 2.21. The Morgan fingerprint density at radius 2 is 1.84 bits per heavy atom. The van der Waals surface area contributed by atoms with E-state index in [0.717, 1.165) is 5.01 Å². The third kappa shape index (κ3) is 6.02. The zero-order valence-electron chi connectivity index (χ0n) is 15.4. The molecule has 0 radical (unpaired) electrons. The zero-order valence-corrected chi connectivity index (χ0v) is 15.4. The van der Waals surface area contributed by atoms with Gasteiger partial charge in [-0.1, -0.05) is 5.16 Å². The van der Waals surface area contributed by atoms with E-state index in [9.17, 15) is 9.59 Å². The van der Waals surface area contributed by atoms with Crippen molar-refractivity contribution in [2.75, 3.05) is 26.3 Å². The fourth-order valence-electron chi connectivity index (χ4n) is 1.94. The van der Waals surface area contributed by atoms with Crippen molar-refractivity contribution in [2.24, 2.45) is 0 Å². The number of hydrazine groups is 1. The maximum absolute atomic E-state index is 12.4. The molecule has 0 saturated carbocycles. The molecule has 0 saturated heterocycles. The molecule has 140 valence electrons. The Hall–Kier alpha value is -2.71. The molecule has 0 aromatic carbocycles. The molecule has 0 aliphatic carbocycles. The van der Waals surface area contributed by atoms with Crippen LogP contribution in [-0.4, -0.2) is 53.6 Å². The van der Waals surface area contributed by atoms with Gasteiger partial charge in [0.2, 0.25) is 0 Å². The molecule has 0 bridgehead atoms. The topological polar surface area (TPSA) is 97.1 Å². The number of ether oxygens (including phenoxy) is 2. The minimum absolute atomic E-state index is 0.147. The lowest BCUT2D eigenvalue weighted by atomic mass is 10.3. The Labute approximate surface area is 147 Å². The highest BCUT2D eigenvalue weighted by Gasteiger charge is 2.27. The van der Waals surface area contributed by atoms with Crippen LogP contribution in [0.3, 0.4) is 0 Å². The van der Waals surface area contributed by atoms with Crippen molar-refractivity contribution in [3.8, 4) is 0 Å². The van der Waals surface area contributed by atoms with Crippen LogP contribution >= 0.6 is 0 Å². The van der Waals surface area contributed by atoms with E-state index >= 15 is 0 Å². The number of hydrogen-bond donors (Lipinski definition) is 1. The van der Waals surface area contributed by atoms with Crippen LogP contribution in [0, 0.1) is 6.92 Å². The number of carbonyl (C=O) groups is 2. The highest BCUT2D eigenvalue weighted by atomic mass is 16.6. The summed E-state index contributed by atoms with van der Waals surface area (Å²) in [6.07, 6.45) is 0.156. The van der Waals surface area contributed by atoms with E-state index in [4.69, 9.17) is 14.0 Å². The predicted molar refractivity (Wildman–Crippen MR) is 91.2 cm³/mol. The molecule has 9 nitrogen and oxygen atoms in total. The first-order valence-electron chi connectivity index (χ1n) is 8.26. The molecule has 2 amide bonds. The van der Waals surface area contributed by atoms with Gasteiger partial charge in [0, 0.05) is 25.4 Å². The fourth-order valence-corrected chi connectivity index (χ4v) is 1.94. The first-order chi connectivity index (χ1) is 12.0. The number of aryl methyl sites for hydroxylation is 1.